The van der Waals surface area contributed by atoms with Crippen molar-refractivity contribution in [3.63, 3.8) is 0 Å². The normalized spacial score (nSPS) is 22.1. The average Bonchev–Trinajstić information content (AvgIpc) is 3.82. The fraction of sp³-hybridized carbons (Fsp3) is 0.172. The van der Waals surface area contributed by atoms with Gasteiger partial charge in [0.15, 0.2) is 0 Å². The summed E-state index contributed by atoms with van der Waals surface area (Å²) in [6.45, 7) is 0. The van der Waals surface area contributed by atoms with E-state index in [9.17, 15) is 0 Å². The summed E-state index contributed by atoms with van der Waals surface area (Å²) in [4.78, 5) is 2.41. The number of anilines is 3. The van der Waals surface area contributed by atoms with Gasteiger partial charge in [0, 0.05) is 39.2 Å². The molecule has 0 aliphatic heterocycles. The Morgan fingerprint density at radius 1 is 0.383 bits per heavy atom. The van der Waals surface area contributed by atoms with E-state index in [1.165, 1.54) is 76.6 Å². The van der Waals surface area contributed by atoms with E-state index in [0.29, 0.717) is 0 Å². The summed E-state index contributed by atoms with van der Waals surface area (Å²) in [7, 11) is 0. The molecule has 5 aliphatic carbocycles. The lowest BCUT2D eigenvalue weighted by molar-refractivity contribution is -0.0399. The molecule has 14 rings (SSSR count). The quantitative estimate of drug-likeness (QED) is 0.167. The van der Waals surface area contributed by atoms with Crippen LogP contribution < -0.4 is 4.90 Å². The Kier molecular flexibility index (Phi) is 7.52. The molecule has 5 aliphatic rings. The minimum Gasteiger partial charge on any atom is -0.456 e. The van der Waals surface area contributed by atoms with Crippen LogP contribution in [0.5, 0.6) is 0 Å². The van der Waals surface area contributed by atoms with Crippen molar-refractivity contribution in [1.29, 1.82) is 0 Å². The lowest BCUT2D eigenvalue weighted by Gasteiger charge is -2.61. The van der Waals surface area contributed by atoms with Crippen LogP contribution in [0, 0.1) is 23.7 Å². The molecule has 0 radical (unpaired) electrons. The van der Waals surface area contributed by atoms with Crippen molar-refractivity contribution in [1.82, 2.24) is 0 Å². The molecule has 0 saturated heterocycles. The molecule has 288 valence electrons. The third kappa shape index (κ3) is 5.07. The van der Waals surface area contributed by atoms with Gasteiger partial charge in [0.25, 0.3) is 0 Å². The molecule has 4 fully saturated rings. The summed E-state index contributed by atoms with van der Waals surface area (Å²) in [6, 6.07) is 69.6. The van der Waals surface area contributed by atoms with Gasteiger partial charge in [0.05, 0.1) is 5.69 Å². The molecule has 0 amide bonds. The second kappa shape index (κ2) is 13.2. The van der Waals surface area contributed by atoms with Gasteiger partial charge in [0.2, 0.25) is 0 Å². The minimum absolute atomic E-state index is 0.190. The number of rotatable bonds is 6. The molecule has 4 bridgehead atoms. The van der Waals surface area contributed by atoms with Crippen LogP contribution in [0.2, 0.25) is 0 Å². The number of hydrogen-bond acceptors (Lipinski definition) is 2. The largest absolute Gasteiger partial charge is 0.456 e. The van der Waals surface area contributed by atoms with Crippen molar-refractivity contribution in [3.05, 3.63) is 199 Å². The smallest absolute Gasteiger partial charge is 0.137 e. The number of para-hydroxylation sites is 1. The summed E-state index contributed by atoms with van der Waals surface area (Å²) in [6.07, 6.45) is 7.11. The summed E-state index contributed by atoms with van der Waals surface area (Å²) in [5.41, 5.74) is 18.6. The Morgan fingerprint density at radius 3 is 1.72 bits per heavy atom. The Bertz CT molecular complexity index is 3070. The summed E-state index contributed by atoms with van der Waals surface area (Å²) >= 11 is 0. The fourth-order valence-electron chi connectivity index (χ4n) is 12.8. The van der Waals surface area contributed by atoms with Crippen molar-refractivity contribution >= 4 is 39.0 Å². The molecule has 9 aromatic rings. The van der Waals surface area contributed by atoms with Gasteiger partial charge in [-0.3, -0.25) is 0 Å². The van der Waals surface area contributed by atoms with Gasteiger partial charge in [-0.15, -0.1) is 0 Å². The predicted octanol–water partition coefficient (Wildman–Crippen LogP) is 15.8. The van der Waals surface area contributed by atoms with Crippen LogP contribution in [-0.4, -0.2) is 0 Å². The predicted molar refractivity (Wildman–Crippen MR) is 248 cm³/mol. The van der Waals surface area contributed by atoms with Gasteiger partial charge in [-0.1, -0.05) is 133 Å². The highest BCUT2D eigenvalue weighted by molar-refractivity contribution is 6.06. The van der Waals surface area contributed by atoms with Gasteiger partial charge in [-0.25, -0.2) is 0 Å². The summed E-state index contributed by atoms with van der Waals surface area (Å²) < 4.78 is 6.49. The second-order valence-electron chi connectivity index (χ2n) is 18.1. The molecular weight excluding hydrogens is 727 g/mol. The van der Waals surface area contributed by atoms with Crippen molar-refractivity contribution in [2.45, 2.75) is 37.5 Å². The third-order valence-electron chi connectivity index (χ3n) is 15.1. The first-order valence-electron chi connectivity index (χ1n) is 22.0. The Balaban J connectivity index is 0.945. The molecule has 0 N–H and O–H groups in total. The molecular formula is C58H45NO. The van der Waals surface area contributed by atoms with E-state index >= 15 is 0 Å². The number of nitrogens with zero attached hydrogens (tertiary/aromatic N) is 1. The van der Waals surface area contributed by atoms with E-state index in [0.717, 1.165) is 62.7 Å². The Morgan fingerprint density at radius 2 is 0.950 bits per heavy atom. The number of fused-ring (bicyclic) bond motifs is 6. The van der Waals surface area contributed by atoms with E-state index in [1.807, 2.05) is 6.07 Å². The third-order valence-corrected chi connectivity index (χ3v) is 15.1. The molecule has 8 aromatic carbocycles. The van der Waals surface area contributed by atoms with E-state index < -0.39 is 0 Å². The van der Waals surface area contributed by atoms with Crippen LogP contribution in [-0.2, 0) is 5.41 Å². The zero-order chi connectivity index (χ0) is 39.4. The Hall–Kier alpha value is -6.64. The molecule has 2 nitrogen and oxygen atoms in total. The lowest BCUT2D eigenvalue weighted by atomic mass is 9.43. The van der Waals surface area contributed by atoms with Gasteiger partial charge >= 0.3 is 0 Å². The first-order valence-corrected chi connectivity index (χ1v) is 22.0. The molecule has 0 atom stereocenters. The minimum atomic E-state index is 0.190. The highest BCUT2D eigenvalue weighted by atomic mass is 16.3. The monoisotopic (exact) mass is 771 g/mol. The number of benzene rings is 8. The molecule has 1 aromatic heterocycles. The maximum absolute atomic E-state index is 6.49. The molecule has 2 heteroatoms. The maximum atomic E-state index is 6.49. The van der Waals surface area contributed by atoms with Crippen LogP contribution >= 0.6 is 0 Å². The van der Waals surface area contributed by atoms with Crippen LogP contribution in [0.25, 0.3) is 66.4 Å². The summed E-state index contributed by atoms with van der Waals surface area (Å²) in [5, 5.41) is 2.26. The van der Waals surface area contributed by atoms with Crippen molar-refractivity contribution in [2.24, 2.45) is 23.7 Å². The molecule has 4 saturated carbocycles. The maximum Gasteiger partial charge on any atom is 0.137 e. The molecule has 1 heterocycles. The molecule has 1 spiro atoms. The topological polar surface area (TPSA) is 16.4 Å². The van der Waals surface area contributed by atoms with Crippen LogP contribution in [0.3, 0.4) is 0 Å². The van der Waals surface area contributed by atoms with E-state index in [-0.39, 0.29) is 5.41 Å². The fourth-order valence-corrected chi connectivity index (χ4v) is 12.8. The average molecular weight is 772 g/mol. The Labute approximate surface area is 351 Å². The number of hydrogen-bond donors (Lipinski definition) is 0. The van der Waals surface area contributed by atoms with E-state index in [2.05, 4.69) is 187 Å². The van der Waals surface area contributed by atoms with Gasteiger partial charge in [-0.05, 0) is 154 Å². The molecule has 60 heavy (non-hydrogen) atoms. The number of furan rings is 1. The highest BCUT2D eigenvalue weighted by Crippen LogP contribution is 2.69. The molecule has 0 unspecified atom stereocenters. The van der Waals surface area contributed by atoms with Crippen molar-refractivity contribution < 1.29 is 4.42 Å². The lowest BCUT2D eigenvalue weighted by Crippen LogP contribution is -2.55. The highest BCUT2D eigenvalue weighted by Gasteiger charge is 2.61. The van der Waals surface area contributed by atoms with Crippen LogP contribution in [0.1, 0.15) is 43.2 Å². The first kappa shape index (κ1) is 34.2. The van der Waals surface area contributed by atoms with Gasteiger partial charge in [-0.2, -0.15) is 0 Å². The standard InChI is InChI=1S/C58H45NO/c1-3-11-39(12-4-1)43-22-28-55(51(34-43)41-13-5-2-6-14-41)59(47-25-26-50-49-16-8-10-18-56(49)60-57(50)36-47)46-23-19-40(20-24-46)42-21-27-54-52(35-42)48-15-7-9-17-53(48)58(54)44-30-37-29-38(32-44)33-45(58)31-37/h1-28,34-38,44-45H,29-33H2. The van der Waals surface area contributed by atoms with Crippen molar-refractivity contribution in [2.75, 3.05) is 4.90 Å². The zero-order valence-corrected chi connectivity index (χ0v) is 33.6. The zero-order valence-electron chi connectivity index (χ0n) is 33.6. The van der Waals surface area contributed by atoms with Crippen molar-refractivity contribution in [3.8, 4) is 44.5 Å². The van der Waals surface area contributed by atoms with Crippen LogP contribution in [0.15, 0.2) is 192 Å². The van der Waals surface area contributed by atoms with Gasteiger partial charge < -0.3 is 9.32 Å². The second-order valence-corrected chi connectivity index (χ2v) is 18.1. The van der Waals surface area contributed by atoms with Crippen LogP contribution in [0.4, 0.5) is 17.1 Å². The van der Waals surface area contributed by atoms with Gasteiger partial charge in [0.1, 0.15) is 11.2 Å². The first-order chi connectivity index (χ1) is 29.7. The van der Waals surface area contributed by atoms with E-state index in [4.69, 9.17) is 4.42 Å². The SMILES string of the molecule is c1ccc(-c2ccc(N(c3ccc(-c4ccc5c(c4)-c4ccccc4C54C5CC6CC(C5)CC4C6)cc3)c3ccc4c(c3)oc3ccccc34)c(-c3ccccc3)c2)cc1. The summed E-state index contributed by atoms with van der Waals surface area (Å²) in [5.74, 6) is 3.43. The van der Waals surface area contributed by atoms with E-state index in [1.54, 1.807) is 11.1 Å².